The Bertz CT molecular complexity index is 536. The summed E-state index contributed by atoms with van der Waals surface area (Å²) in [5, 5.41) is 0.783. The Labute approximate surface area is 113 Å². The molecule has 94 valence electrons. The molecular formula is C13H9Cl2F2N. The van der Waals surface area contributed by atoms with Crippen LogP contribution in [0.5, 0.6) is 0 Å². The minimum Gasteiger partial charge on any atom is -0.320 e. The summed E-state index contributed by atoms with van der Waals surface area (Å²) in [5.74, 6) is -1.83. The Balaban J connectivity index is 2.37. The average molecular weight is 288 g/mol. The lowest BCUT2D eigenvalue weighted by atomic mass is 9.99. The Hall–Kier alpha value is -1.16. The molecule has 0 spiro atoms. The van der Waals surface area contributed by atoms with Crippen LogP contribution in [0.1, 0.15) is 17.2 Å². The van der Waals surface area contributed by atoms with Crippen molar-refractivity contribution in [1.29, 1.82) is 0 Å². The second-order valence-corrected chi connectivity index (χ2v) is 4.64. The highest BCUT2D eigenvalue weighted by Crippen LogP contribution is 2.28. The number of hydrogen-bond donors (Lipinski definition) is 1. The maximum Gasteiger partial charge on any atom is 0.159 e. The van der Waals surface area contributed by atoms with E-state index in [0.29, 0.717) is 21.2 Å². The number of rotatable bonds is 2. The molecule has 2 aromatic rings. The van der Waals surface area contributed by atoms with Crippen LogP contribution in [0.2, 0.25) is 10.0 Å². The van der Waals surface area contributed by atoms with Crippen molar-refractivity contribution in [3.63, 3.8) is 0 Å². The number of halogens is 4. The molecule has 0 aliphatic heterocycles. The molecule has 0 radical (unpaired) electrons. The van der Waals surface area contributed by atoms with Gasteiger partial charge >= 0.3 is 0 Å². The van der Waals surface area contributed by atoms with Gasteiger partial charge in [0.1, 0.15) is 0 Å². The van der Waals surface area contributed by atoms with Crippen molar-refractivity contribution in [3.8, 4) is 0 Å². The monoisotopic (exact) mass is 287 g/mol. The number of nitrogens with two attached hydrogens (primary N) is 1. The van der Waals surface area contributed by atoms with E-state index in [-0.39, 0.29) is 0 Å². The minimum absolute atomic E-state index is 0.368. The van der Waals surface area contributed by atoms with Crippen molar-refractivity contribution < 1.29 is 8.78 Å². The lowest BCUT2D eigenvalue weighted by Gasteiger charge is -2.13. The van der Waals surface area contributed by atoms with Crippen LogP contribution in [0.4, 0.5) is 8.78 Å². The van der Waals surface area contributed by atoms with Gasteiger partial charge in [0.2, 0.25) is 0 Å². The van der Waals surface area contributed by atoms with Gasteiger partial charge in [0.15, 0.2) is 11.6 Å². The maximum absolute atomic E-state index is 13.1. The summed E-state index contributed by atoms with van der Waals surface area (Å²) < 4.78 is 25.9. The van der Waals surface area contributed by atoms with Crippen LogP contribution in [-0.4, -0.2) is 0 Å². The molecule has 2 rings (SSSR count). The smallest absolute Gasteiger partial charge is 0.159 e. The molecular weight excluding hydrogens is 279 g/mol. The van der Waals surface area contributed by atoms with E-state index in [4.69, 9.17) is 28.9 Å². The zero-order valence-electron chi connectivity index (χ0n) is 9.13. The van der Waals surface area contributed by atoms with E-state index in [1.54, 1.807) is 18.2 Å². The first-order valence-corrected chi connectivity index (χ1v) is 5.90. The lowest BCUT2D eigenvalue weighted by molar-refractivity contribution is 0.506. The van der Waals surface area contributed by atoms with Crippen LogP contribution in [0.15, 0.2) is 36.4 Å². The van der Waals surface area contributed by atoms with Crippen molar-refractivity contribution >= 4 is 23.2 Å². The van der Waals surface area contributed by atoms with Crippen molar-refractivity contribution in [2.75, 3.05) is 0 Å². The summed E-state index contributed by atoms with van der Waals surface area (Å²) in [4.78, 5) is 0. The van der Waals surface area contributed by atoms with Crippen molar-refractivity contribution in [3.05, 3.63) is 69.2 Å². The van der Waals surface area contributed by atoms with E-state index < -0.39 is 17.7 Å². The van der Waals surface area contributed by atoms with Gasteiger partial charge in [0, 0.05) is 0 Å². The fraction of sp³-hybridized carbons (Fsp3) is 0.0769. The first kappa shape index (κ1) is 13.3. The Kier molecular flexibility index (Phi) is 3.85. The summed E-state index contributed by atoms with van der Waals surface area (Å²) in [5.41, 5.74) is 7.10. The Morgan fingerprint density at radius 3 is 2.06 bits per heavy atom. The van der Waals surface area contributed by atoms with Crippen LogP contribution >= 0.6 is 23.2 Å². The third kappa shape index (κ3) is 2.64. The Morgan fingerprint density at radius 2 is 1.44 bits per heavy atom. The maximum atomic E-state index is 13.1. The van der Waals surface area contributed by atoms with Gasteiger partial charge < -0.3 is 5.73 Å². The SMILES string of the molecule is NC(c1ccc(F)c(F)c1)c1ccc(Cl)c(Cl)c1. The molecule has 2 aromatic carbocycles. The van der Waals surface area contributed by atoms with E-state index in [0.717, 1.165) is 12.1 Å². The van der Waals surface area contributed by atoms with Crippen LogP contribution in [0.25, 0.3) is 0 Å². The molecule has 0 saturated heterocycles. The number of benzene rings is 2. The fourth-order valence-electron chi connectivity index (χ4n) is 1.60. The van der Waals surface area contributed by atoms with Gasteiger partial charge in [0.25, 0.3) is 0 Å². The predicted molar refractivity (Wildman–Crippen MR) is 68.9 cm³/mol. The zero-order chi connectivity index (χ0) is 13.3. The number of hydrogen-bond acceptors (Lipinski definition) is 1. The normalized spacial score (nSPS) is 12.5. The molecule has 0 heterocycles. The van der Waals surface area contributed by atoms with Crippen LogP contribution in [0.3, 0.4) is 0 Å². The summed E-state index contributed by atoms with van der Waals surface area (Å²) >= 11 is 11.7. The molecule has 2 N–H and O–H groups in total. The highest BCUT2D eigenvalue weighted by atomic mass is 35.5. The third-order valence-electron chi connectivity index (χ3n) is 2.61. The topological polar surface area (TPSA) is 26.0 Å². The second-order valence-electron chi connectivity index (χ2n) is 3.82. The molecule has 0 saturated carbocycles. The van der Waals surface area contributed by atoms with E-state index in [1.165, 1.54) is 6.07 Å². The average Bonchev–Trinajstić information content (AvgIpc) is 2.35. The molecule has 1 atom stereocenters. The van der Waals surface area contributed by atoms with Gasteiger partial charge in [-0.05, 0) is 35.4 Å². The largest absolute Gasteiger partial charge is 0.320 e. The van der Waals surface area contributed by atoms with Crippen LogP contribution in [0, 0.1) is 11.6 Å². The van der Waals surface area contributed by atoms with Crippen LogP contribution in [-0.2, 0) is 0 Å². The van der Waals surface area contributed by atoms with E-state index in [1.807, 2.05) is 0 Å². The fourth-order valence-corrected chi connectivity index (χ4v) is 1.91. The van der Waals surface area contributed by atoms with Gasteiger partial charge in [0.05, 0.1) is 16.1 Å². The summed E-state index contributed by atoms with van der Waals surface area (Å²) in [6.45, 7) is 0. The van der Waals surface area contributed by atoms with E-state index in [9.17, 15) is 8.78 Å². The van der Waals surface area contributed by atoms with Crippen LogP contribution < -0.4 is 5.73 Å². The first-order chi connectivity index (χ1) is 8.49. The predicted octanol–water partition coefficient (Wildman–Crippen LogP) is 4.32. The van der Waals surface area contributed by atoms with Gasteiger partial charge in [-0.2, -0.15) is 0 Å². The molecule has 1 unspecified atom stereocenters. The lowest BCUT2D eigenvalue weighted by Crippen LogP contribution is -2.12. The van der Waals surface area contributed by atoms with Crippen molar-refractivity contribution in [2.45, 2.75) is 6.04 Å². The molecule has 0 fully saturated rings. The Morgan fingerprint density at radius 1 is 0.833 bits per heavy atom. The molecule has 18 heavy (non-hydrogen) atoms. The quantitative estimate of drug-likeness (QED) is 0.875. The molecule has 0 aromatic heterocycles. The molecule has 0 amide bonds. The standard InChI is InChI=1S/C13H9Cl2F2N/c14-9-3-1-7(5-10(9)15)13(18)8-2-4-11(16)12(17)6-8/h1-6,13H,18H2. The van der Waals surface area contributed by atoms with Crippen molar-refractivity contribution in [1.82, 2.24) is 0 Å². The highest BCUT2D eigenvalue weighted by Gasteiger charge is 2.13. The highest BCUT2D eigenvalue weighted by molar-refractivity contribution is 6.42. The molecule has 1 nitrogen and oxygen atoms in total. The molecule has 0 bridgehead atoms. The summed E-state index contributed by atoms with van der Waals surface area (Å²) in [6.07, 6.45) is 0. The summed E-state index contributed by atoms with van der Waals surface area (Å²) in [7, 11) is 0. The third-order valence-corrected chi connectivity index (χ3v) is 3.34. The molecule has 5 heteroatoms. The zero-order valence-corrected chi connectivity index (χ0v) is 10.6. The van der Waals surface area contributed by atoms with Crippen molar-refractivity contribution in [2.24, 2.45) is 5.73 Å². The second kappa shape index (κ2) is 5.22. The van der Waals surface area contributed by atoms with E-state index in [2.05, 4.69) is 0 Å². The summed E-state index contributed by atoms with van der Waals surface area (Å²) in [6, 6.07) is 7.88. The minimum atomic E-state index is -0.928. The molecule has 0 aliphatic rings. The van der Waals surface area contributed by atoms with E-state index >= 15 is 0 Å². The van der Waals surface area contributed by atoms with Gasteiger partial charge in [-0.25, -0.2) is 8.78 Å². The van der Waals surface area contributed by atoms with Gasteiger partial charge in [-0.3, -0.25) is 0 Å². The van der Waals surface area contributed by atoms with Gasteiger partial charge in [-0.1, -0.05) is 35.3 Å². The first-order valence-electron chi connectivity index (χ1n) is 5.14. The van der Waals surface area contributed by atoms with Gasteiger partial charge in [-0.15, -0.1) is 0 Å². The molecule has 0 aliphatic carbocycles.